The van der Waals surface area contributed by atoms with Crippen LogP contribution in [0.15, 0.2) is 40.9 Å². The Morgan fingerprint density at radius 2 is 1.96 bits per heavy atom. The second-order valence-corrected chi connectivity index (χ2v) is 7.67. The van der Waals surface area contributed by atoms with Gasteiger partial charge >= 0.3 is 0 Å². The molecule has 2 aromatic carbocycles. The van der Waals surface area contributed by atoms with Crippen molar-refractivity contribution in [2.24, 2.45) is 0 Å². The fourth-order valence-corrected chi connectivity index (χ4v) is 3.18. The summed E-state index contributed by atoms with van der Waals surface area (Å²) in [4.78, 5) is 12.0. The Balaban J connectivity index is 1.78. The molecule has 0 unspecified atom stereocenters. The molecular formula is C19H20BrCl2NO2. The summed E-state index contributed by atoms with van der Waals surface area (Å²) in [7, 11) is 0. The maximum absolute atomic E-state index is 12.0. The predicted molar refractivity (Wildman–Crippen MR) is 108 cm³/mol. The van der Waals surface area contributed by atoms with E-state index in [0.717, 1.165) is 10.2 Å². The monoisotopic (exact) mass is 443 g/mol. The molecule has 25 heavy (non-hydrogen) atoms. The maximum atomic E-state index is 12.0. The Hall–Kier alpha value is -1.23. The molecule has 0 bridgehead atoms. The van der Waals surface area contributed by atoms with Crippen LogP contribution in [0, 0.1) is 0 Å². The van der Waals surface area contributed by atoms with Crippen LogP contribution in [0.1, 0.15) is 38.2 Å². The fourth-order valence-electron chi connectivity index (χ4n) is 2.21. The average Bonchev–Trinajstić information content (AvgIpc) is 2.55. The molecule has 0 aliphatic carbocycles. The molecule has 0 heterocycles. The first kappa shape index (κ1) is 20.1. The van der Waals surface area contributed by atoms with Crippen molar-refractivity contribution >= 4 is 50.7 Å². The molecule has 0 radical (unpaired) electrons. The number of ether oxygens (including phenoxy) is 1. The van der Waals surface area contributed by atoms with Crippen LogP contribution in [0.5, 0.6) is 5.75 Å². The number of nitrogens with one attached hydrogen (secondary N) is 1. The highest BCUT2D eigenvalue weighted by Crippen LogP contribution is 2.29. The number of hydrogen-bond donors (Lipinski definition) is 1. The van der Waals surface area contributed by atoms with Gasteiger partial charge in [0.2, 0.25) is 5.91 Å². The molecule has 1 N–H and O–H groups in total. The topological polar surface area (TPSA) is 38.3 Å². The van der Waals surface area contributed by atoms with Crippen LogP contribution in [-0.4, -0.2) is 12.5 Å². The number of amides is 1. The third-order valence-electron chi connectivity index (χ3n) is 3.63. The van der Waals surface area contributed by atoms with E-state index in [0.29, 0.717) is 41.1 Å². The molecule has 0 spiro atoms. The first-order valence-corrected chi connectivity index (χ1v) is 9.59. The van der Waals surface area contributed by atoms with E-state index in [-0.39, 0.29) is 5.91 Å². The van der Waals surface area contributed by atoms with Crippen molar-refractivity contribution < 1.29 is 9.53 Å². The summed E-state index contributed by atoms with van der Waals surface area (Å²) in [5.41, 5.74) is 1.81. The Morgan fingerprint density at radius 1 is 1.20 bits per heavy atom. The van der Waals surface area contributed by atoms with Crippen LogP contribution in [0.25, 0.3) is 0 Å². The molecule has 2 rings (SSSR count). The van der Waals surface area contributed by atoms with Crippen molar-refractivity contribution in [2.45, 2.75) is 32.6 Å². The Morgan fingerprint density at radius 3 is 2.60 bits per heavy atom. The minimum absolute atomic E-state index is 0.109. The highest BCUT2D eigenvalue weighted by molar-refractivity contribution is 9.10. The van der Waals surface area contributed by atoms with Crippen LogP contribution in [-0.2, 0) is 4.79 Å². The van der Waals surface area contributed by atoms with Crippen molar-refractivity contribution in [1.82, 2.24) is 0 Å². The molecule has 134 valence electrons. The number of hydrogen-bond acceptors (Lipinski definition) is 2. The van der Waals surface area contributed by atoms with E-state index in [4.69, 9.17) is 27.9 Å². The third kappa shape index (κ3) is 6.21. The molecular weight excluding hydrogens is 425 g/mol. The second-order valence-electron chi connectivity index (χ2n) is 5.97. The fraction of sp³-hybridized carbons (Fsp3) is 0.316. The lowest BCUT2D eigenvalue weighted by atomic mass is 10.0. The Bertz CT molecular complexity index is 750. The van der Waals surface area contributed by atoms with Crippen LogP contribution < -0.4 is 10.1 Å². The number of anilines is 1. The molecule has 1 amide bonds. The van der Waals surface area contributed by atoms with Gasteiger partial charge in [0, 0.05) is 11.4 Å². The molecule has 0 saturated carbocycles. The van der Waals surface area contributed by atoms with Crippen molar-refractivity contribution in [3.8, 4) is 5.75 Å². The number of rotatable bonds is 7. The summed E-state index contributed by atoms with van der Waals surface area (Å²) < 4.78 is 6.67. The molecule has 3 nitrogen and oxygen atoms in total. The van der Waals surface area contributed by atoms with Gasteiger partial charge in [-0.3, -0.25) is 4.79 Å². The van der Waals surface area contributed by atoms with E-state index in [1.807, 2.05) is 6.07 Å². The van der Waals surface area contributed by atoms with E-state index < -0.39 is 0 Å². The molecule has 2 aromatic rings. The summed E-state index contributed by atoms with van der Waals surface area (Å²) in [5, 5.41) is 3.73. The lowest BCUT2D eigenvalue weighted by molar-refractivity contribution is -0.116. The smallest absolute Gasteiger partial charge is 0.224 e. The van der Waals surface area contributed by atoms with Gasteiger partial charge in [0.1, 0.15) is 5.75 Å². The molecule has 0 aliphatic heterocycles. The minimum atomic E-state index is -0.109. The van der Waals surface area contributed by atoms with E-state index >= 15 is 0 Å². The van der Waals surface area contributed by atoms with Gasteiger partial charge in [0.15, 0.2) is 0 Å². The lowest BCUT2D eigenvalue weighted by Crippen LogP contribution is -2.13. The number of benzene rings is 2. The molecule has 0 saturated heterocycles. The van der Waals surface area contributed by atoms with Gasteiger partial charge in [0.25, 0.3) is 0 Å². The van der Waals surface area contributed by atoms with Gasteiger partial charge in [0.05, 0.1) is 21.8 Å². The van der Waals surface area contributed by atoms with Crippen LogP contribution >= 0.6 is 39.1 Å². The first-order chi connectivity index (χ1) is 11.9. The molecule has 6 heteroatoms. The number of carbonyl (C=O) groups is 1. The van der Waals surface area contributed by atoms with Gasteiger partial charge in [-0.1, -0.05) is 43.1 Å². The number of halogens is 3. The van der Waals surface area contributed by atoms with Gasteiger partial charge in [-0.05, 0) is 64.2 Å². The third-order valence-corrected chi connectivity index (χ3v) is 4.80. The van der Waals surface area contributed by atoms with Gasteiger partial charge < -0.3 is 10.1 Å². The molecule has 0 fully saturated rings. The summed E-state index contributed by atoms with van der Waals surface area (Å²) in [6.07, 6.45) is 0.954. The SMILES string of the molecule is CC(C)c1ccc(OCCCC(=O)Nc2ccc(Cl)cc2Cl)c(Br)c1. The van der Waals surface area contributed by atoms with E-state index in [1.54, 1.807) is 18.2 Å². The average molecular weight is 445 g/mol. The normalized spacial score (nSPS) is 10.8. The summed E-state index contributed by atoms with van der Waals surface area (Å²) in [6, 6.07) is 11.0. The van der Waals surface area contributed by atoms with Gasteiger partial charge in [-0.25, -0.2) is 0 Å². The van der Waals surface area contributed by atoms with Crippen LogP contribution in [0.4, 0.5) is 5.69 Å². The molecule has 0 aliphatic rings. The summed E-state index contributed by atoms with van der Waals surface area (Å²) >= 11 is 15.4. The highest BCUT2D eigenvalue weighted by atomic mass is 79.9. The highest BCUT2D eigenvalue weighted by Gasteiger charge is 2.08. The van der Waals surface area contributed by atoms with Crippen LogP contribution in [0.2, 0.25) is 10.0 Å². The Labute approximate surface area is 166 Å². The van der Waals surface area contributed by atoms with E-state index in [1.165, 1.54) is 5.56 Å². The van der Waals surface area contributed by atoms with Crippen LogP contribution in [0.3, 0.4) is 0 Å². The first-order valence-electron chi connectivity index (χ1n) is 8.04. The summed E-state index contributed by atoms with van der Waals surface area (Å²) in [6.45, 7) is 4.75. The second kappa shape index (κ2) is 9.46. The van der Waals surface area contributed by atoms with Gasteiger partial charge in [-0.15, -0.1) is 0 Å². The standard InChI is InChI=1S/C19H20BrCl2NO2/c1-12(2)13-5-8-18(15(20)10-13)25-9-3-4-19(24)23-17-7-6-14(21)11-16(17)22/h5-8,10-12H,3-4,9H2,1-2H3,(H,23,24). The Kier molecular flexibility index (Phi) is 7.60. The van der Waals surface area contributed by atoms with Crippen molar-refractivity contribution in [3.63, 3.8) is 0 Å². The van der Waals surface area contributed by atoms with Crippen molar-refractivity contribution in [2.75, 3.05) is 11.9 Å². The predicted octanol–water partition coefficient (Wildman–Crippen LogP) is 6.68. The largest absolute Gasteiger partial charge is 0.492 e. The van der Waals surface area contributed by atoms with Crippen molar-refractivity contribution in [1.29, 1.82) is 0 Å². The molecule has 0 aromatic heterocycles. The minimum Gasteiger partial charge on any atom is -0.492 e. The maximum Gasteiger partial charge on any atom is 0.224 e. The quantitative estimate of drug-likeness (QED) is 0.483. The lowest BCUT2D eigenvalue weighted by Gasteiger charge is -2.11. The number of carbonyl (C=O) groups excluding carboxylic acids is 1. The van der Waals surface area contributed by atoms with Crippen molar-refractivity contribution in [3.05, 3.63) is 56.5 Å². The summed E-state index contributed by atoms with van der Waals surface area (Å²) in [5.74, 6) is 1.14. The zero-order valence-electron chi connectivity index (χ0n) is 14.1. The van der Waals surface area contributed by atoms with E-state index in [2.05, 4.69) is 47.2 Å². The zero-order chi connectivity index (χ0) is 18.4. The molecule has 0 atom stereocenters. The van der Waals surface area contributed by atoms with E-state index in [9.17, 15) is 4.79 Å². The zero-order valence-corrected chi connectivity index (χ0v) is 17.2. The van der Waals surface area contributed by atoms with Gasteiger partial charge in [-0.2, -0.15) is 0 Å².